The zero-order valence-corrected chi connectivity index (χ0v) is 10.8. The summed E-state index contributed by atoms with van der Waals surface area (Å²) in [6.07, 6.45) is 0. The lowest BCUT2D eigenvalue weighted by atomic mass is 10.1. The van der Waals surface area contributed by atoms with Crippen molar-refractivity contribution in [1.29, 1.82) is 0 Å². The fraction of sp³-hybridized carbons (Fsp3) is 0.0667. The van der Waals surface area contributed by atoms with Crippen LogP contribution >= 0.6 is 0 Å². The molecule has 2 aromatic carbocycles. The van der Waals surface area contributed by atoms with E-state index >= 15 is 0 Å². The van der Waals surface area contributed by atoms with E-state index in [4.69, 9.17) is 5.73 Å². The lowest BCUT2D eigenvalue weighted by molar-refractivity contribution is 0.101. The number of Topliss-reactive ketones (excluding diaryl/α,β-unsaturated/α-hetero) is 1. The number of hydrogen-bond donors (Lipinski definition) is 2. The highest BCUT2D eigenvalue weighted by Crippen LogP contribution is 2.15. The Bertz CT molecular complexity index is 663. The number of rotatable bonds is 3. The van der Waals surface area contributed by atoms with Crippen molar-refractivity contribution in [2.45, 2.75) is 6.92 Å². The molecule has 0 aliphatic rings. The third-order valence-electron chi connectivity index (χ3n) is 2.71. The molecule has 0 aliphatic heterocycles. The highest BCUT2D eigenvalue weighted by Gasteiger charge is 2.09. The van der Waals surface area contributed by atoms with Gasteiger partial charge in [0, 0.05) is 22.5 Å². The third-order valence-corrected chi connectivity index (χ3v) is 2.71. The maximum atomic E-state index is 13.2. The average Bonchev–Trinajstić information content (AvgIpc) is 2.37. The largest absolute Gasteiger partial charge is 0.399 e. The van der Waals surface area contributed by atoms with Crippen molar-refractivity contribution in [1.82, 2.24) is 0 Å². The first-order valence-electron chi connectivity index (χ1n) is 5.94. The molecule has 1 amide bonds. The minimum Gasteiger partial charge on any atom is -0.399 e. The number of nitrogens with two attached hydrogens (primary N) is 1. The molecule has 0 unspecified atom stereocenters. The number of nitrogen functional groups attached to an aromatic ring is 1. The van der Waals surface area contributed by atoms with Crippen molar-refractivity contribution in [3.05, 3.63) is 59.4 Å². The summed E-state index contributed by atoms with van der Waals surface area (Å²) in [6, 6.07) is 10.1. The molecule has 0 heterocycles. The second-order valence-corrected chi connectivity index (χ2v) is 4.36. The Balaban J connectivity index is 2.23. The molecule has 0 saturated carbocycles. The van der Waals surface area contributed by atoms with Crippen LogP contribution in [0.15, 0.2) is 42.5 Å². The Labute approximate surface area is 115 Å². The summed E-state index contributed by atoms with van der Waals surface area (Å²) in [6.45, 7) is 1.44. The number of ketones is 1. The van der Waals surface area contributed by atoms with Gasteiger partial charge in [-0.1, -0.05) is 12.1 Å². The molecule has 0 spiro atoms. The van der Waals surface area contributed by atoms with Crippen LogP contribution in [-0.4, -0.2) is 11.7 Å². The number of nitrogens with one attached hydrogen (secondary N) is 1. The van der Waals surface area contributed by atoms with Crippen LogP contribution in [0.4, 0.5) is 15.8 Å². The Morgan fingerprint density at radius 3 is 2.50 bits per heavy atom. The van der Waals surface area contributed by atoms with Gasteiger partial charge in [0.05, 0.1) is 0 Å². The van der Waals surface area contributed by atoms with Gasteiger partial charge in [0.25, 0.3) is 5.91 Å². The Hall–Kier alpha value is -2.69. The van der Waals surface area contributed by atoms with Crippen molar-refractivity contribution in [2.24, 2.45) is 0 Å². The van der Waals surface area contributed by atoms with E-state index in [2.05, 4.69) is 5.32 Å². The summed E-state index contributed by atoms with van der Waals surface area (Å²) < 4.78 is 13.2. The van der Waals surface area contributed by atoms with E-state index in [1.807, 2.05) is 0 Å². The number of carbonyl (C=O) groups is 2. The maximum Gasteiger partial charge on any atom is 0.255 e. The number of halogens is 1. The average molecular weight is 272 g/mol. The maximum absolute atomic E-state index is 13.2. The summed E-state index contributed by atoms with van der Waals surface area (Å²) >= 11 is 0. The SMILES string of the molecule is CC(=O)c1cccc(NC(=O)c2cc(N)cc(F)c2)c1. The van der Waals surface area contributed by atoms with Gasteiger partial charge in [0.15, 0.2) is 5.78 Å². The van der Waals surface area contributed by atoms with E-state index in [-0.39, 0.29) is 17.0 Å². The number of benzene rings is 2. The van der Waals surface area contributed by atoms with Crippen LogP contribution in [-0.2, 0) is 0 Å². The smallest absolute Gasteiger partial charge is 0.255 e. The van der Waals surface area contributed by atoms with Crippen LogP contribution in [0, 0.1) is 5.82 Å². The van der Waals surface area contributed by atoms with Crippen LogP contribution in [0.3, 0.4) is 0 Å². The molecule has 2 aromatic rings. The fourth-order valence-corrected chi connectivity index (χ4v) is 1.76. The lowest BCUT2D eigenvalue weighted by Crippen LogP contribution is -2.13. The molecule has 5 heteroatoms. The first kappa shape index (κ1) is 13.7. The van der Waals surface area contributed by atoms with E-state index in [1.165, 1.54) is 13.0 Å². The molecule has 20 heavy (non-hydrogen) atoms. The van der Waals surface area contributed by atoms with Gasteiger partial charge >= 0.3 is 0 Å². The molecule has 2 rings (SSSR count). The van der Waals surface area contributed by atoms with Gasteiger partial charge in [-0.3, -0.25) is 9.59 Å². The van der Waals surface area contributed by atoms with Crippen LogP contribution in [0.1, 0.15) is 27.6 Å². The zero-order chi connectivity index (χ0) is 14.7. The van der Waals surface area contributed by atoms with Crippen LogP contribution in [0.25, 0.3) is 0 Å². The van der Waals surface area contributed by atoms with Gasteiger partial charge in [-0.05, 0) is 37.3 Å². The Morgan fingerprint density at radius 2 is 1.85 bits per heavy atom. The Kier molecular flexibility index (Phi) is 3.79. The number of hydrogen-bond acceptors (Lipinski definition) is 3. The van der Waals surface area contributed by atoms with E-state index in [0.717, 1.165) is 12.1 Å². The molecule has 3 N–H and O–H groups in total. The van der Waals surface area contributed by atoms with Crippen molar-refractivity contribution < 1.29 is 14.0 Å². The number of carbonyl (C=O) groups excluding carboxylic acids is 2. The minimum absolute atomic E-state index is 0.101. The number of amides is 1. The molecular weight excluding hydrogens is 259 g/mol. The summed E-state index contributed by atoms with van der Waals surface area (Å²) in [5, 5.41) is 2.59. The summed E-state index contributed by atoms with van der Waals surface area (Å²) in [5.41, 5.74) is 6.74. The molecule has 0 fully saturated rings. The van der Waals surface area contributed by atoms with E-state index in [9.17, 15) is 14.0 Å². The van der Waals surface area contributed by atoms with Gasteiger partial charge in [-0.2, -0.15) is 0 Å². The second-order valence-electron chi connectivity index (χ2n) is 4.36. The van der Waals surface area contributed by atoms with Crippen molar-refractivity contribution in [2.75, 3.05) is 11.1 Å². The van der Waals surface area contributed by atoms with Crippen LogP contribution in [0.5, 0.6) is 0 Å². The first-order chi connectivity index (χ1) is 9.45. The summed E-state index contributed by atoms with van der Waals surface area (Å²) in [5.74, 6) is -1.17. The van der Waals surface area contributed by atoms with E-state index in [0.29, 0.717) is 11.3 Å². The van der Waals surface area contributed by atoms with Crippen molar-refractivity contribution in [3.63, 3.8) is 0 Å². The van der Waals surface area contributed by atoms with E-state index in [1.54, 1.807) is 24.3 Å². The monoisotopic (exact) mass is 272 g/mol. The highest BCUT2D eigenvalue weighted by molar-refractivity contribution is 6.05. The summed E-state index contributed by atoms with van der Waals surface area (Å²) in [7, 11) is 0. The molecule has 0 saturated heterocycles. The van der Waals surface area contributed by atoms with Gasteiger partial charge in [-0.25, -0.2) is 4.39 Å². The van der Waals surface area contributed by atoms with Gasteiger partial charge < -0.3 is 11.1 Å². The molecule has 0 atom stereocenters. The highest BCUT2D eigenvalue weighted by atomic mass is 19.1. The molecule has 102 valence electrons. The summed E-state index contributed by atoms with van der Waals surface area (Å²) in [4.78, 5) is 23.2. The van der Waals surface area contributed by atoms with Crippen molar-refractivity contribution >= 4 is 23.1 Å². The van der Waals surface area contributed by atoms with Gasteiger partial charge in [-0.15, -0.1) is 0 Å². The lowest BCUT2D eigenvalue weighted by Gasteiger charge is -2.07. The fourth-order valence-electron chi connectivity index (χ4n) is 1.76. The van der Waals surface area contributed by atoms with Crippen molar-refractivity contribution in [3.8, 4) is 0 Å². The predicted molar refractivity (Wildman–Crippen MR) is 75.2 cm³/mol. The Morgan fingerprint density at radius 1 is 1.10 bits per heavy atom. The normalized spacial score (nSPS) is 10.1. The topological polar surface area (TPSA) is 72.2 Å². The molecule has 0 bridgehead atoms. The van der Waals surface area contributed by atoms with Crippen LogP contribution < -0.4 is 11.1 Å². The van der Waals surface area contributed by atoms with Crippen LogP contribution in [0.2, 0.25) is 0 Å². The number of anilines is 2. The zero-order valence-electron chi connectivity index (χ0n) is 10.8. The minimum atomic E-state index is -0.576. The standard InChI is InChI=1S/C15H13FN2O2/c1-9(19)10-3-2-4-14(7-10)18-15(20)11-5-12(16)8-13(17)6-11/h2-8H,17H2,1H3,(H,18,20). The molecule has 0 aromatic heterocycles. The third kappa shape index (κ3) is 3.20. The van der Waals surface area contributed by atoms with Gasteiger partial charge in [0.1, 0.15) is 5.82 Å². The van der Waals surface area contributed by atoms with E-state index < -0.39 is 11.7 Å². The quantitative estimate of drug-likeness (QED) is 0.666. The molecular formula is C15H13FN2O2. The molecule has 0 radical (unpaired) electrons. The second kappa shape index (κ2) is 5.52. The first-order valence-corrected chi connectivity index (χ1v) is 5.94. The predicted octanol–water partition coefficient (Wildman–Crippen LogP) is 2.86. The molecule has 4 nitrogen and oxygen atoms in total. The van der Waals surface area contributed by atoms with Gasteiger partial charge in [0.2, 0.25) is 0 Å². The molecule has 0 aliphatic carbocycles.